The minimum absolute atomic E-state index is 0.0877. The van der Waals surface area contributed by atoms with Crippen LogP contribution in [0.4, 0.5) is 14.5 Å². The average molecular weight is 432 g/mol. The first-order chi connectivity index (χ1) is 14.2. The molecule has 0 aliphatic carbocycles. The molecule has 2 aromatic carbocycles. The van der Waals surface area contributed by atoms with Crippen LogP contribution in [-0.4, -0.2) is 25.1 Å². The molecule has 0 aliphatic heterocycles. The van der Waals surface area contributed by atoms with Gasteiger partial charge in [0.05, 0.1) is 4.90 Å². The van der Waals surface area contributed by atoms with Crippen LogP contribution in [0, 0.1) is 13.8 Å². The monoisotopic (exact) mass is 432 g/mol. The van der Waals surface area contributed by atoms with Crippen molar-refractivity contribution in [3.63, 3.8) is 0 Å². The lowest BCUT2D eigenvalue weighted by molar-refractivity contribution is 0.102. The number of aryl methyl sites for hydroxylation is 1. The molecule has 156 valence electrons. The number of sulfone groups is 1. The molecule has 1 heterocycles. The predicted molar refractivity (Wildman–Crippen MR) is 108 cm³/mol. The van der Waals surface area contributed by atoms with Gasteiger partial charge in [0.1, 0.15) is 11.4 Å². The quantitative estimate of drug-likeness (QED) is 0.608. The molecule has 1 aromatic heterocycles. The van der Waals surface area contributed by atoms with Crippen LogP contribution in [-0.2, 0) is 9.84 Å². The Balaban J connectivity index is 1.82. The van der Waals surface area contributed by atoms with E-state index in [1.54, 1.807) is 18.2 Å². The van der Waals surface area contributed by atoms with E-state index >= 15 is 0 Å². The van der Waals surface area contributed by atoms with Crippen molar-refractivity contribution in [2.45, 2.75) is 24.5 Å². The molecule has 9 heteroatoms. The Morgan fingerprint density at radius 3 is 2.40 bits per heavy atom. The van der Waals surface area contributed by atoms with Gasteiger partial charge in [0.25, 0.3) is 5.91 Å². The number of ether oxygens (including phenoxy) is 1. The number of hydrogen-bond acceptors (Lipinski definition) is 5. The third-order valence-corrected chi connectivity index (χ3v) is 5.86. The van der Waals surface area contributed by atoms with Crippen LogP contribution in [0.1, 0.15) is 21.5 Å². The second-order valence-corrected chi connectivity index (χ2v) is 8.36. The van der Waals surface area contributed by atoms with Crippen molar-refractivity contribution in [2.75, 3.05) is 5.32 Å². The summed E-state index contributed by atoms with van der Waals surface area (Å²) in [6.07, 6.45) is 1.51. The number of anilines is 1. The van der Waals surface area contributed by atoms with Crippen molar-refractivity contribution in [1.29, 1.82) is 0 Å². The van der Waals surface area contributed by atoms with Crippen LogP contribution in [0.3, 0.4) is 0 Å². The summed E-state index contributed by atoms with van der Waals surface area (Å²) in [4.78, 5) is 16.1. The van der Waals surface area contributed by atoms with Gasteiger partial charge in [-0.25, -0.2) is 13.4 Å². The van der Waals surface area contributed by atoms with Crippen LogP contribution in [0.25, 0.3) is 0 Å². The second-order valence-electron chi connectivity index (χ2n) is 6.44. The normalized spacial score (nSPS) is 11.4. The topological polar surface area (TPSA) is 85.4 Å². The van der Waals surface area contributed by atoms with Crippen LogP contribution < -0.4 is 10.1 Å². The van der Waals surface area contributed by atoms with Crippen molar-refractivity contribution in [3.8, 4) is 11.6 Å². The summed E-state index contributed by atoms with van der Waals surface area (Å²) >= 11 is 0. The zero-order chi connectivity index (χ0) is 21.9. The lowest BCUT2D eigenvalue weighted by Gasteiger charge is -2.13. The highest BCUT2D eigenvalue weighted by molar-refractivity contribution is 7.91. The maximum atomic E-state index is 12.6. The summed E-state index contributed by atoms with van der Waals surface area (Å²) in [7, 11) is -4.72. The van der Waals surface area contributed by atoms with Gasteiger partial charge in [-0.2, -0.15) is 8.78 Å². The molecular formula is C21H18F2N2O4S. The third-order valence-electron chi connectivity index (χ3n) is 4.46. The lowest BCUT2D eigenvalue weighted by Crippen LogP contribution is -2.14. The Kier molecular flexibility index (Phi) is 6.12. The molecule has 6 nitrogen and oxygen atoms in total. The molecule has 3 aromatic rings. The fourth-order valence-electron chi connectivity index (χ4n) is 2.60. The first-order valence-electron chi connectivity index (χ1n) is 8.82. The van der Waals surface area contributed by atoms with Gasteiger partial charge >= 0.3 is 5.76 Å². The van der Waals surface area contributed by atoms with Crippen LogP contribution in [0.5, 0.6) is 11.6 Å². The summed E-state index contributed by atoms with van der Waals surface area (Å²) in [5, 5.41) is 2.64. The van der Waals surface area contributed by atoms with Gasteiger partial charge in [-0.15, -0.1) is 0 Å². The van der Waals surface area contributed by atoms with Gasteiger partial charge in [0, 0.05) is 11.8 Å². The van der Waals surface area contributed by atoms with Crippen molar-refractivity contribution < 1.29 is 26.7 Å². The number of nitrogens with one attached hydrogen (secondary N) is 1. The molecule has 3 rings (SSSR count). The van der Waals surface area contributed by atoms with E-state index < -0.39 is 26.4 Å². The number of halogens is 2. The van der Waals surface area contributed by atoms with Gasteiger partial charge in [0.2, 0.25) is 15.7 Å². The highest BCUT2D eigenvalue weighted by atomic mass is 32.2. The van der Waals surface area contributed by atoms with E-state index in [0.717, 1.165) is 35.4 Å². The summed E-state index contributed by atoms with van der Waals surface area (Å²) in [5.41, 5.74) is 2.35. The number of pyridine rings is 1. The van der Waals surface area contributed by atoms with E-state index in [4.69, 9.17) is 4.74 Å². The molecule has 0 bridgehead atoms. The van der Waals surface area contributed by atoms with Gasteiger partial charge < -0.3 is 10.1 Å². The Hall–Kier alpha value is -3.33. The first-order valence-corrected chi connectivity index (χ1v) is 10.4. The van der Waals surface area contributed by atoms with Crippen molar-refractivity contribution in [2.24, 2.45) is 0 Å². The Bertz CT molecular complexity index is 1180. The highest BCUT2D eigenvalue weighted by Crippen LogP contribution is 2.30. The second kappa shape index (κ2) is 8.58. The smallest absolute Gasteiger partial charge is 0.341 e. The van der Waals surface area contributed by atoms with Gasteiger partial charge in [-0.3, -0.25) is 4.79 Å². The number of carbonyl (C=O) groups excluding carboxylic acids is 1. The van der Waals surface area contributed by atoms with E-state index in [1.807, 2.05) is 26.0 Å². The fourth-order valence-corrected chi connectivity index (χ4v) is 3.32. The third kappa shape index (κ3) is 4.46. The Morgan fingerprint density at radius 1 is 1.03 bits per heavy atom. The molecule has 1 N–H and O–H groups in total. The summed E-state index contributed by atoms with van der Waals surface area (Å²) < 4.78 is 54.1. The number of carbonyl (C=O) groups is 1. The van der Waals surface area contributed by atoms with E-state index in [0.29, 0.717) is 11.4 Å². The number of aromatic nitrogens is 1. The molecule has 0 saturated heterocycles. The maximum absolute atomic E-state index is 12.6. The molecule has 0 saturated carbocycles. The van der Waals surface area contributed by atoms with Crippen molar-refractivity contribution >= 4 is 21.4 Å². The van der Waals surface area contributed by atoms with E-state index in [9.17, 15) is 22.0 Å². The SMILES string of the molecule is Cc1cccc(Oc2ncccc2NC(=O)c2ccc(S(=O)(=O)C(F)F)cc2)c1C. The van der Waals surface area contributed by atoms with E-state index in [2.05, 4.69) is 10.3 Å². The number of hydrogen-bond donors (Lipinski definition) is 1. The maximum Gasteiger partial charge on any atom is 0.341 e. The zero-order valence-corrected chi connectivity index (χ0v) is 16.9. The molecule has 0 aliphatic rings. The van der Waals surface area contributed by atoms with E-state index in [1.165, 1.54) is 6.20 Å². The molecule has 30 heavy (non-hydrogen) atoms. The minimum Gasteiger partial charge on any atom is -0.437 e. The number of alkyl halides is 2. The number of amides is 1. The zero-order valence-electron chi connectivity index (χ0n) is 16.1. The number of benzene rings is 2. The average Bonchev–Trinajstić information content (AvgIpc) is 2.72. The van der Waals surface area contributed by atoms with Gasteiger partial charge in [-0.1, -0.05) is 12.1 Å². The molecule has 0 radical (unpaired) electrons. The molecular weight excluding hydrogens is 414 g/mol. The molecule has 0 unspecified atom stereocenters. The number of nitrogens with zero attached hydrogens (tertiary/aromatic N) is 1. The molecule has 1 amide bonds. The largest absolute Gasteiger partial charge is 0.437 e. The number of rotatable bonds is 6. The van der Waals surface area contributed by atoms with Crippen LogP contribution in [0.15, 0.2) is 65.7 Å². The fraction of sp³-hybridized carbons (Fsp3) is 0.143. The van der Waals surface area contributed by atoms with Crippen LogP contribution >= 0.6 is 0 Å². The first kappa shape index (κ1) is 21.4. The van der Waals surface area contributed by atoms with Gasteiger partial charge in [0.15, 0.2) is 0 Å². The predicted octanol–water partition coefficient (Wildman–Crippen LogP) is 4.74. The van der Waals surface area contributed by atoms with Crippen molar-refractivity contribution in [3.05, 3.63) is 77.5 Å². The Labute approximate surface area is 172 Å². The summed E-state index contributed by atoms with van der Waals surface area (Å²) in [6.45, 7) is 3.85. The standard InChI is InChI=1S/C21H18F2N2O4S/c1-13-5-3-7-18(14(13)2)29-20-17(6-4-12-24-20)25-19(26)15-8-10-16(11-9-15)30(27,28)21(22)23/h3-12,21H,1-2H3,(H,25,26). The van der Waals surface area contributed by atoms with E-state index in [-0.39, 0.29) is 11.4 Å². The molecule has 0 spiro atoms. The van der Waals surface area contributed by atoms with Crippen LogP contribution in [0.2, 0.25) is 0 Å². The molecule has 0 fully saturated rings. The highest BCUT2D eigenvalue weighted by Gasteiger charge is 2.26. The summed E-state index contributed by atoms with van der Waals surface area (Å²) in [5.74, 6) is -3.34. The van der Waals surface area contributed by atoms with Gasteiger partial charge in [-0.05, 0) is 67.4 Å². The van der Waals surface area contributed by atoms with Crippen molar-refractivity contribution in [1.82, 2.24) is 4.98 Å². The summed E-state index contributed by atoms with van der Waals surface area (Å²) in [6, 6.07) is 13.0. The lowest BCUT2D eigenvalue weighted by atomic mass is 10.1. The minimum atomic E-state index is -4.72. The Morgan fingerprint density at radius 2 is 1.73 bits per heavy atom. The molecule has 0 atom stereocenters.